The fourth-order valence-electron chi connectivity index (χ4n) is 3.75. The summed E-state index contributed by atoms with van der Waals surface area (Å²) in [6.07, 6.45) is 3.18. The average molecular weight is 506 g/mol. The second-order valence-electron chi connectivity index (χ2n) is 8.07. The number of halogens is 2. The number of nitrogens with one attached hydrogen (secondary N) is 1. The van der Waals surface area contributed by atoms with E-state index in [1.165, 1.54) is 28.0 Å². The molecule has 0 atom stereocenters. The van der Waals surface area contributed by atoms with Crippen LogP contribution in [0, 0.1) is 12.7 Å². The second kappa shape index (κ2) is 9.70. The van der Waals surface area contributed by atoms with Gasteiger partial charge in [0, 0.05) is 24.7 Å². The van der Waals surface area contributed by atoms with Crippen LogP contribution in [-0.4, -0.2) is 52.5 Å². The Kier molecular flexibility index (Phi) is 6.30. The number of carbonyl (C=O) groups is 1. The quantitative estimate of drug-likeness (QED) is 0.376. The molecule has 10 nitrogen and oxygen atoms in total. The van der Waals surface area contributed by atoms with Crippen molar-refractivity contribution < 1.29 is 9.18 Å². The number of hydrogen-bond acceptors (Lipinski definition) is 6. The highest BCUT2D eigenvalue weighted by Gasteiger charge is 2.17. The van der Waals surface area contributed by atoms with E-state index in [0.29, 0.717) is 23.2 Å². The Balaban J connectivity index is 1.28. The first kappa shape index (κ1) is 23.4. The standard InChI is InChI=1S/C24H21ClFN9O/c1-15-31-22(35(32-15)17-7-8-19(25)20(26)10-17)12-28-24(36)33(2)13-23-29-14-30-34(23)18-6-5-16-4-3-9-27-21(16)11-18/h3-11,14H,12-13H2,1-2H3,(H,28,36). The molecule has 1 N–H and O–H groups in total. The van der Waals surface area contributed by atoms with Crippen molar-refractivity contribution in [2.75, 3.05) is 7.05 Å². The van der Waals surface area contributed by atoms with Crippen molar-refractivity contribution in [1.82, 2.24) is 44.7 Å². The van der Waals surface area contributed by atoms with E-state index >= 15 is 0 Å². The summed E-state index contributed by atoms with van der Waals surface area (Å²) in [5.41, 5.74) is 2.08. The molecule has 0 aliphatic carbocycles. The minimum atomic E-state index is -0.566. The van der Waals surface area contributed by atoms with Crippen molar-refractivity contribution in [2.24, 2.45) is 0 Å². The van der Waals surface area contributed by atoms with Gasteiger partial charge in [-0.2, -0.15) is 10.2 Å². The van der Waals surface area contributed by atoms with Gasteiger partial charge in [-0.15, -0.1) is 0 Å². The highest BCUT2D eigenvalue weighted by Crippen LogP contribution is 2.19. The molecule has 12 heteroatoms. The molecule has 0 bridgehead atoms. The van der Waals surface area contributed by atoms with Gasteiger partial charge >= 0.3 is 6.03 Å². The summed E-state index contributed by atoms with van der Waals surface area (Å²) in [5.74, 6) is 0.950. The van der Waals surface area contributed by atoms with E-state index in [0.717, 1.165) is 16.6 Å². The van der Waals surface area contributed by atoms with E-state index in [-0.39, 0.29) is 24.1 Å². The lowest BCUT2D eigenvalue weighted by Gasteiger charge is -2.18. The fourth-order valence-corrected chi connectivity index (χ4v) is 3.86. The van der Waals surface area contributed by atoms with E-state index in [4.69, 9.17) is 11.6 Å². The summed E-state index contributed by atoms with van der Waals surface area (Å²) in [6, 6.07) is 13.7. The van der Waals surface area contributed by atoms with Gasteiger partial charge in [-0.05, 0) is 37.3 Å². The van der Waals surface area contributed by atoms with E-state index in [2.05, 4.69) is 30.5 Å². The predicted molar refractivity (Wildman–Crippen MR) is 131 cm³/mol. The largest absolute Gasteiger partial charge is 0.331 e. The zero-order valence-corrected chi connectivity index (χ0v) is 20.2. The molecule has 0 spiro atoms. The Morgan fingerprint density at radius 1 is 1.08 bits per heavy atom. The molecule has 36 heavy (non-hydrogen) atoms. The number of amides is 2. The maximum absolute atomic E-state index is 13.9. The van der Waals surface area contributed by atoms with E-state index in [1.54, 1.807) is 30.9 Å². The van der Waals surface area contributed by atoms with Gasteiger partial charge in [-0.3, -0.25) is 4.98 Å². The number of fused-ring (bicyclic) bond motifs is 1. The number of urea groups is 1. The third kappa shape index (κ3) is 4.73. The van der Waals surface area contributed by atoms with Crippen molar-refractivity contribution in [3.63, 3.8) is 0 Å². The highest BCUT2D eigenvalue weighted by atomic mass is 35.5. The monoisotopic (exact) mass is 505 g/mol. The third-order valence-corrected chi connectivity index (χ3v) is 5.81. The van der Waals surface area contributed by atoms with E-state index < -0.39 is 5.82 Å². The number of aryl methyl sites for hydroxylation is 1. The first-order valence-corrected chi connectivity index (χ1v) is 11.4. The average Bonchev–Trinajstić information content (AvgIpc) is 3.50. The van der Waals surface area contributed by atoms with Crippen LogP contribution >= 0.6 is 11.6 Å². The molecule has 5 rings (SSSR count). The second-order valence-corrected chi connectivity index (χ2v) is 8.48. The van der Waals surface area contributed by atoms with Crippen LogP contribution in [-0.2, 0) is 13.1 Å². The van der Waals surface area contributed by atoms with Crippen LogP contribution in [0.2, 0.25) is 5.02 Å². The maximum atomic E-state index is 13.9. The smallest absolute Gasteiger partial charge is 0.317 e. The van der Waals surface area contributed by atoms with E-state index in [1.807, 2.05) is 30.3 Å². The van der Waals surface area contributed by atoms with Crippen molar-refractivity contribution in [1.29, 1.82) is 0 Å². The normalized spacial score (nSPS) is 11.1. The molecule has 0 aliphatic rings. The Bertz CT molecular complexity index is 1560. The lowest BCUT2D eigenvalue weighted by atomic mass is 10.2. The van der Waals surface area contributed by atoms with Gasteiger partial charge in [0.05, 0.1) is 35.0 Å². The van der Waals surface area contributed by atoms with Gasteiger partial charge in [-0.25, -0.2) is 28.5 Å². The van der Waals surface area contributed by atoms with Crippen LogP contribution in [0.3, 0.4) is 0 Å². The third-order valence-electron chi connectivity index (χ3n) is 5.50. The van der Waals surface area contributed by atoms with Gasteiger partial charge in [0.15, 0.2) is 11.6 Å². The lowest BCUT2D eigenvalue weighted by molar-refractivity contribution is 0.204. The molecule has 182 valence electrons. The Hall–Kier alpha value is -4.38. The van der Waals surface area contributed by atoms with Crippen molar-refractivity contribution >= 4 is 28.5 Å². The van der Waals surface area contributed by atoms with Crippen LogP contribution in [0.4, 0.5) is 9.18 Å². The minimum absolute atomic E-state index is 0.0138. The lowest BCUT2D eigenvalue weighted by Crippen LogP contribution is -2.37. The van der Waals surface area contributed by atoms with Crippen molar-refractivity contribution in [3.8, 4) is 11.4 Å². The summed E-state index contributed by atoms with van der Waals surface area (Å²) < 4.78 is 17.1. The summed E-state index contributed by atoms with van der Waals surface area (Å²) >= 11 is 5.79. The van der Waals surface area contributed by atoms with Gasteiger partial charge in [0.2, 0.25) is 0 Å². The number of hydrogen-bond donors (Lipinski definition) is 1. The Labute approximate surface area is 210 Å². The van der Waals surface area contributed by atoms with Gasteiger partial charge in [-0.1, -0.05) is 23.7 Å². The molecular weight excluding hydrogens is 485 g/mol. The molecule has 0 fully saturated rings. The number of rotatable bonds is 6. The first-order valence-electron chi connectivity index (χ1n) is 11.0. The molecular formula is C24H21ClFN9O. The van der Waals surface area contributed by atoms with Gasteiger partial charge in [0.25, 0.3) is 0 Å². The molecule has 2 amide bonds. The maximum Gasteiger partial charge on any atom is 0.317 e. The molecule has 2 aromatic carbocycles. The van der Waals surface area contributed by atoms with Crippen molar-refractivity contribution in [2.45, 2.75) is 20.0 Å². The van der Waals surface area contributed by atoms with Crippen LogP contribution in [0.5, 0.6) is 0 Å². The molecule has 0 saturated heterocycles. The van der Waals surface area contributed by atoms with Crippen LogP contribution in [0.25, 0.3) is 22.3 Å². The molecule has 3 heterocycles. The predicted octanol–water partition coefficient (Wildman–Crippen LogP) is 3.84. The molecule has 0 radical (unpaired) electrons. The zero-order chi connectivity index (χ0) is 25.2. The molecule has 5 aromatic rings. The molecule has 0 saturated carbocycles. The summed E-state index contributed by atoms with van der Waals surface area (Å²) in [6.45, 7) is 2.01. The summed E-state index contributed by atoms with van der Waals surface area (Å²) in [4.78, 5) is 27.4. The highest BCUT2D eigenvalue weighted by molar-refractivity contribution is 6.30. The number of pyridine rings is 1. The summed E-state index contributed by atoms with van der Waals surface area (Å²) in [7, 11) is 1.65. The number of benzene rings is 2. The number of aromatic nitrogens is 7. The fraction of sp³-hybridized carbons (Fsp3) is 0.167. The summed E-state index contributed by atoms with van der Waals surface area (Å²) in [5, 5.41) is 12.5. The zero-order valence-electron chi connectivity index (χ0n) is 19.4. The van der Waals surface area contributed by atoms with Crippen LogP contribution in [0.1, 0.15) is 17.5 Å². The van der Waals surface area contributed by atoms with Gasteiger partial charge < -0.3 is 10.2 Å². The molecule has 3 aromatic heterocycles. The molecule has 0 unspecified atom stereocenters. The first-order chi connectivity index (χ1) is 17.4. The van der Waals surface area contributed by atoms with Crippen LogP contribution < -0.4 is 5.32 Å². The topological polar surface area (TPSA) is 107 Å². The Morgan fingerprint density at radius 2 is 1.89 bits per heavy atom. The number of carbonyl (C=O) groups excluding carboxylic acids is 1. The van der Waals surface area contributed by atoms with E-state index in [9.17, 15) is 9.18 Å². The Morgan fingerprint density at radius 3 is 2.72 bits per heavy atom. The van der Waals surface area contributed by atoms with Crippen LogP contribution in [0.15, 0.2) is 61.1 Å². The molecule has 0 aliphatic heterocycles. The van der Waals surface area contributed by atoms with Crippen molar-refractivity contribution in [3.05, 3.63) is 89.4 Å². The SMILES string of the molecule is Cc1nc(CNC(=O)N(C)Cc2ncnn2-c2ccc3cccnc3c2)n(-c2ccc(Cl)c(F)c2)n1. The minimum Gasteiger partial charge on any atom is -0.331 e. The number of nitrogens with zero attached hydrogens (tertiary/aromatic N) is 8. The van der Waals surface area contributed by atoms with Gasteiger partial charge in [0.1, 0.15) is 18.0 Å².